The summed E-state index contributed by atoms with van der Waals surface area (Å²) in [6.45, 7) is 2.35. The maximum absolute atomic E-state index is 13.3. The van der Waals surface area contributed by atoms with Gasteiger partial charge in [-0.3, -0.25) is 4.79 Å². The molecule has 2 fully saturated rings. The number of amides is 1. The lowest BCUT2D eigenvalue weighted by Gasteiger charge is -2.16. The van der Waals surface area contributed by atoms with Crippen molar-refractivity contribution in [3.05, 3.63) is 71.1 Å². The smallest absolute Gasteiger partial charge is 0.350 e. The largest absolute Gasteiger partial charge is 0.464 e. The van der Waals surface area contributed by atoms with E-state index in [1.807, 2.05) is 47.4 Å². The average Bonchev–Trinajstić information content (AvgIpc) is 3.32. The van der Waals surface area contributed by atoms with E-state index >= 15 is 0 Å². The number of benzene rings is 2. The van der Waals surface area contributed by atoms with Gasteiger partial charge < -0.3 is 14.1 Å². The van der Waals surface area contributed by atoms with Crippen LogP contribution in [-0.4, -0.2) is 52.0 Å². The van der Waals surface area contributed by atoms with E-state index in [0.717, 1.165) is 66.0 Å². The minimum atomic E-state index is -0.168. The highest BCUT2D eigenvalue weighted by Crippen LogP contribution is 2.33. The monoisotopic (exact) mass is 486 g/mol. The Morgan fingerprint density at radius 1 is 1.08 bits per heavy atom. The Labute approximate surface area is 209 Å². The van der Waals surface area contributed by atoms with Crippen molar-refractivity contribution in [3.8, 4) is 16.8 Å². The molecule has 3 heterocycles. The molecule has 8 heteroatoms. The Morgan fingerprint density at radius 3 is 2.67 bits per heavy atom. The number of hydrogen-bond acceptors (Lipinski definition) is 5. The van der Waals surface area contributed by atoms with Crippen LogP contribution in [-0.2, 0) is 22.5 Å². The number of carbonyl (C=O) groups is 1. The second-order valence-corrected chi connectivity index (χ2v) is 9.89. The number of likely N-dealkylation sites (tertiary alicyclic amines) is 1. The van der Waals surface area contributed by atoms with Gasteiger partial charge in [0.2, 0.25) is 5.91 Å². The number of aromatic nitrogens is 3. The SMILES string of the molecule is COCCn1nc(CC2CCN(C(=O)C3CC3)C2)n(-c2ccc(-c3ccc4occc4c3)cc2)c1=O. The Bertz CT molecular complexity index is 1440. The van der Waals surface area contributed by atoms with Crippen LogP contribution in [0.1, 0.15) is 25.1 Å². The van der Waals surface area contributed by atoms with Crippen LogP contribution in [0.25, 0.3) is 27.8 Å². The molecule has 6 rings (SSSR count). The van der Waals surface area contributed by atoms with E-state index in [2.05, 4.69) is 11.2 Å². The van der Waals surface area contributed by atoms with Crippen LogP contribution in [0.2, 0.25) is 0 Å². The summed E-state index contributed by atoms with van der Waals surface area (Å²) >= 11 is 0. The minimum Gasteiger partial charge on any atom is -0.464 e. The third-order valence-corrected chi connectivity index (χ3v) is 7.32. The average molecular weight is 487 g/mol. The lowest BCUT2D eigenvalue weighted by atomic mass is 10.0. The van der Waals surface area contributed by atoms with Crippen LogP contribution in [0.3, 0.4) is 0 Å². The zero-order valence-corrected chi connectivity index (χ0v) is 20.4. The Balaban J connectivity index is 1.27. The third-order valence-electron chi connectivity index (χ3n) is 7.32. The normalized spacial score (nSPS) is 17.8. The van der Waals surface area contributed by atoms with Crippen molar-refractivity contribution in [2.24, 2.45) is 11.8 Å². The second-order valence-electron chi connectivity index (χ2n) is 9.89. The Kier molecular flexibility index (Phi) is 5.97. The molecule has 1 amide bonds. The summed E-state index contributed by atoms with van der Waals surface area (Å²) in [7, 11) is 1.62. The standard InChI is InChI=1S/C28H30N4O4/c1-35-15-13-31-28(34)32(26(29-31)16-19-10-12-30(18-19)27(33)21-2-3-21)24-7-4-20(5-8-24)22-6-9-25-23(17-22)11-14-36-25/h4-9,11,14,17,19,21H,2-3,10,12-13,15-16,18H2,1H3. The van der Waals surface area contributed by atoms with Gasteiger partial charge >= 0.3 is 5.69 Å². The summed E-state index contributed by atoms with van der Waals surface area (Å²) in [6.07, 6.45) is 5.33. The van der Waals surface area contributed by atoms with Crippen molar-refractivity contribution in [1.29, 1.82) is 0 Å². The molecular weight excluding hydrogens is 456 g/mol. The highest BCUT2D eigenvalue weighted by atomic mass is 16.5. The van der Waals surface area contributed by atoms with E-state index in [0.29, 0.717) is 31.4 Å². The first-order valence-corrected chi connectivity index (χ1v) is 12.7. The van der Waals surface area contributed by atoms with E-state index in [1.165, 1.54) is 4.68 Å². The highest BCUT2D eigenvalue weighted by Gasteiger charge is 2.37. The maximum atomic E-state index is 13.3. The van der Waals surface area contributed by atoms with Gasteiger partial charge in [-0.25, -0.2) is 14.0 Å². The molecule has 186 valence electrons. The van der Waals surface area contributed by atoms with Crippen LogP contribution in [0, 0.1) is 11.8 Å². The fraction of sp³-hybridized carbons (Fsp3) is 0.393. The van der Waals surface area contributed by atoms with Gasteiger partial charge in [0.05, 0.1) is 25.1 Å². The van der Waals surface area contributed by atoms with E-state index in [4.69, 9.17) is 9.15 Å². The minimum absolute atomic E-state index is 0.168. The number of ether oxygens (including phenoxy) is 1. The van der Waals surface area contributed by atoms with Crippen LogP contribution in [0.5, 0.6) is 0 Å². The molecule has 0 bridgehead atoms. The van der Waals surface area contributed by atoms with Gasteiger partial charge in [0.15, 0.2) is 0 Å². The van der Waals surface area contributed by atoms with Crippen molar-refractivity contribution in [2.45, 2.75) is 32.2 Å². The molecule has 1 unspecified atom stereocenters. The first-order chi connectivity index (χ1) is 17.6. The van der Waals surface area contributed by atoms with Gasteiger partial charge in [-0.15, -0.1) is 0 Å². The van der Waals surface area contributed by atoms with E-state index < -0.39 is 0 Å². The van der Waals surface area contributed by atoms with Crippen LogP contribution >= 0.6 is 0 Å². The molecule has 2 aromatic heterocycles. The molecule has 36 heavy (non-hydrogen) atoms. The lowest BCUT2D eigenvalue weighted by molar-refractivity contribution is -0.131. The fourth-order valence-electron chi connectivity index (χ4n) is 5.16. The molecule has 1 aliphatic heterocycles. The van der Waals surface area contributed by atoms with Crippen molar-refractivity contribution in [3.63, 3.8) is 0 Å². The number of hydrogen-bond donors (Lipinski definition) is 0. The first-order valence-electron chi connectivity index (χ1n) is 12.7. The van der Waals surface area contributed by atoms with E-state index in [9.17, 15) is 9.59 Å². The summed E-state index contributed by atoms with van der Waals surface area (Å²) in [5, 5.41) is 5.74. The molecule has 1 aliphatic carbocycles. The summed E-state index contributed by atoms with van der Waals surface area (Å²) in [6, 6.07) is 16.1. The zero-order valence-electron chi connectivity index (χ0n) is 20.4. The summed E-state index contributed by atoms with van der Waals surface area (Å²) in [4.78, 5) is 27.9. The summed E-state index contributed by atoms with van der Waals surface area (Å²) < 4.78 is 13.8. The van der Waals surface area contributed by atoms with Gasteiger partial charge in [0.1, 0.15) is 11.4 Å². The highest BCUT2D eigenvalue weighted by molar-refractivity contribution is 5.83. The third kappa shape index (κ3) is 4.37. The van der Waals surface area contributed by atoms with Gasteiger partial charge in [0, 0.05) is 37.9 Å². The zero-order chi connectivity index (χ0) is 24.6. The molecule has 1 saturated carbocycles. The Morgan fingerprint density at radius 2 is 1.89 bits per heavy atom. The molecular formula is C28H30N4O4. The number of furan rings is 1. The van der Waals surface area contributed by atoms with E-state index in [1.54, 1.807) is 17.9 Å². The molecule has 2 aliphatic rings. The number of methoxy groups -OCH3 is 1. The van der Waals surface area contributed by atoms with Crippen molar-refractivity contribution in [2.75, 3.05) is 26.8 Å². The number of carbonyl (C=O) groups excluding carboxylic acids is 1. The van der Waals surface area contributed by atoms with Crippen LogP contribution < -0.4 is 5.69 Å². The summed E-state index contributed by atoms with van der Waals surface area (Å²) in [5.41, 5.74) is 3.63. The lowest BCUT2D eigenvalue weighted by Crippen LogP contribution is -2.30. The van der Waals surface area contributed by atoms with E-state index in [-0.39, 0.29) is 11.6 Å². The maximum Gasteiger partial charge on any atom is 0.350 e. The van der Waals surface area contributed by atoms with Crippen molar-refractivity contribution >= 4 is 16.9 Å². The Hall–Kier alpha value is -3.65. The predicted molar refractivity (Wildman–Crippen MR) is 136 cm³/mol. The number of nitrogens with zero attached hydrogens (tertiary/aromatic N) is 4. The van der Waals surface area contributed by atoms with Crippen molar-refractivity contribution in [1.82, 2.24) is 19.2 Å². The topological polar surface area (TPSA) is 82.5 Å². The van der Waals surface area contributed by atoms with Gasteiger partial charge in [-0.05, 0) is 66.6 Å². The van der Waals surface area contributed by atoms with Crippen LogP contribution in [0.15, 0.2) is 64.0 Å². The molecule has 0 spiro atoms. The molecule has 4 aromatic rings. The first kappa shape index (κ1) is 22.8. The molecule has 2 aromatic carbocycles. The van der Waals surface area contributed by atoms with Crippen molar-refractivity contribution < 1.29 is 13.9 Å². The number of rotatable bonds is 8. The van der Waals surface area contributed by atoms with Gasteiger partial charge in [-0.2, -0.15) is 5.10 Å². The fourth-order valence-corrected chi connectivity index (χ4v) is 5.16. The van der Waals surface area contributed by atoms with Gasteiger partial charge in [0.25, 0.3) is 0 Å². The quantitative estimate of drug-likeness (QED) is 0.377. The van der Waals surface area contributed by atoms with Crippen LogP contribution in [0.4, 0.5) is 0 Å². The number of fused-ring (bicyclic) bond motifs is 1. The predicted octanol–water partition coefficient (Wildman–Crippen LogP) is 3.89. The molecule has 0 N–H and O–H groups in total. The summed E-state index contributed by atoms with van der Waals surface area (Å²) in [5.74, 6) is 1.56. The molecule has 1 saturated heterocycles. The molecule has 1 atom stereocenters. The second kappa shape index (κ2) is 9.43. The van der Waals surface area contributed by atoms with Gasteiger partial charge in [-0.1, -0.05) is 18.2 Å². The molecule has 0 radical (unpaired) electrons. The molecule has 8 nitrogen and oxygen atoms in total.